The third-order valence-electron chi connectivity index (χ3n) is 4.77. The number of benzene rings is 1. The van der Waals surface area contributed by atoms with Crippen LogP contribution < -0.4 is 9.47 Å². The molecule has 2 unspecified atom stereocenters. The molecular formula is C21H21N3O4. The molecule has 0 aliphatic carbocycles. The Hall–Kier alpha value is -3.40. The van der Waals surface area contributed by atoms with E-state index in [0.717, 1.165) is 5.69 Å². The molecule has 0 radical (unpaired) electrons. The van der Waals surface area contributed by atoms with E-state index in [-0.39, 0.29) is 0 Å². The second kappa shape index (κ2) is 7.69. The molecule has 28 heavy (non-hydrogen) atoms. The molecule has 2 heterocycles. The fourth-order valence-electron chi connectivity index (χ4n) is 3.63. The van der Waals surface area contributed by atoms with E-state index in [2.05, 4.69) is 16.0 Å². The molecule has 0 spiro atoms. The van der Waals surface area contributed by atoms with Gasteiger partial charge in [0.05, 0.1) is 31.0 Å². The second-order valence-corrected chi connectivity index (χ2v) is 6.55. The number of aliphatic carboxylic acids is 1. The molecule has 0 fully saturated rings. The maximum atomic E-state index is 12.2. The average molecular weight is 379 g/mol. The Morgan fingerprint density at radius 1 is 1.32 bits per heavy atom. The van der Waals surface area contributed by atoms with Gasteiger partial charge in [-0.15, -0.1) is 0 Å². The number of hydrogen-bond acceptors (Lipinski definition) is 6. The summed E-state index contributed by atoms with van der Waals surface area (Å²) in [6, 6.07) is 8.89. The van der Waals surface area contributed by atoms with Crippen LogP contribution in [-0.2, 0) is 4.79 Å². The smallest absolute Gasteiger partial charge is 0.313 e. The monoisotopic (exact) mass is 379 g/mol. The number of ether oxygens (including phenoxy) is 2. The lowest BCUT2D eigenvalue weighted by atomic mass is 9.75. The van der Waals surface area contributed by atoms with Gasteiger partial charge in [0.2, 0.25) is 5.88 Å². The molecule has 1 aliphatic heterocycles. The molecule has 0 saturated carbocycles. The first-order valence-electron chi connectivity index (χ1n) is 8.91. The maximum Gasteiger partial charge on any atom is 0.313 e. The van der Waals surface area contributed by atoms with E-state index < -0.39 is 17.8 Å². The van der Waals surface area contributed by atoms with Gasteiger partial charge >= 0.3 is 5.97 Å². The summed E-state index contributed by atoms with van der Waals surface area (Å²) < 4.78 is 11.2. The van der Waals surface area contributed by atoms with Crippen molar-refractivity contribution in [1.29, 1.82) is 5.26 Å². The van der Waals surface area contributed by atoms with Crippen molar-refractivity contribution in [3.05, 3.63) is 46.6 Å². The predicted octanol–water partition coefficient (Wildman–Crippen LogP) is 3.61. The number of carboxylic acids is 1. The summed E-state index contributed by atoms with van der Waals surface area (Å²) in [4.78, 5) is 21.2. The van der Waals surface area contributed by atoms with Gasteiger partial charge in [-0.05, 0) is 39.0 Å². The molecular weight excluding hydrogens is 358 g/mol. The predicted molar refractivity (Wildman–Crippen MR) is 104 cm³/mol. The number of fused-ring (bicyclic) bond motifs is 1. The number of aromatic nitrogens is 1. The van der Waals surface area contributed by atoms with Crippen LogP contribution in [0.25, 0.3) is 0 Å². The molecule has 0 bridgehead atoms. The van der Waals surface area contributed by atoms with Gasteiger partial charge in [-0.3, -0.25) is 9.79 Å². The number of rotatable bonds is 5. The molecule has 0 amide bonds. The van der Waals surface area contributed by atoms with Gasteiger partial charge in [0, 0.05) is 28.5 Å². The van der Waals surface area contributed by atoms with Gasteiger partial charge in [0.25, 0.3) is 0 Å². The zero-order valence-electron chi connectivity index (χ0n) is 16.2. The summed E-state index contributed by atoms with van der Waals surface area (Å²) in [5, 5.41) is 19.2. The number of pyridine rings is 1. The van der Waals surface area contributed by atoms with E-state index in [0.29, 0.717) is 46.3 Å². The van der Waals surface area contributed by atoms with E-state index >= 15 is 0 Å². The summed E-state index contributed by atoms with van der Waals surface area (Å²) in [5.74, 6) is -1.69. The molecule has 2 aromatic rings. The first kappa shape index (κ1) is 19.4. The van der Waals surface area contributed by atoms with Crippen LogP contribution in [0.5, 0.6) is 11.6 Å². The van der Waals surface area contributed by atoms with E-state index in [4.69, 9.17) is 9.47 Å². The van der Waals surface area contributed by atoms with Gasteiger partial charge in [0.1, 0.15) is 11.7 Å². The van der Waals surface area contributed by atoms with Gasteiger partial charge in [-0.1, -0.05) is 6.07 Å². The van der Waals surface area contributed by atoms with Crippen molar-refractivity contribution in [1.82, 2.24) is 4.98 Å². The number of methoxy groups -OCH3 is 1. The number of carbonyl (C=O) groups is 1. The van der Waals surface area contributed by atoms with Crippen LogP contribution in [-0.4, -0.2) is 35.5 Å². The Labute approximate surface area is 163 Å². The number of nitrogens with zero attached hydrogens (tertiary/aromatic N) is 3. The lowest BCUT2D eigenvalue weighted by molar-refractivity contribution is -0.139. The Morgan fingerprint density at radius 3 is 2.68 bits per heavy atom. The molecule has 1 aromatic carbocycles. The minimum absolute atomic E-state index is 0.372. The van der Waals surface area contributed by atoms with E-state index in [1.165, 1.54) is 7.11 Å². The van der Waals surface area contributed by atoms with Crippen molar-refractivity contribution < 1.29 is 19.4 Å². The van der Waals surface area contributed by atoms with Crippen molar-refractivity contribution in [2.75, 3.05) is 13.7 Å². The molecule has 3 rings (SSSR count). The topological polar surface area (TPSA) is 105 Å². The van der Waals surface area contributed by atoms with Crippen LogP contribution in [0.2, 0.25) is 0 Å². The zero-order valence-corrected chi connectivity index (χ0v) is 16.2. The van der Waals surface area contributed by atoms with Crippen LogP contribution in [0, 0.1) is 24.2 Å². The SMILES string of the molecule is CCOc1nc(C)cc2c1C(c1ccc(C#N)cc1OC)C(C(=O)O)C(C)=N2. The van der Waals surface area contributed by atoms with Crippen LogP contribution in [0.1, 0.15) is 42.1 Å². The summed E-state index contributed by atoms with van der Waals surface area (Å²) >= 11 is 0. The van der Waals surface area contributed by atoms with Crippen LogP contribution in [0.4, 0.5) is 5.69 Å². The van der Waals surface area contributed by atoms with Crippen molar-refractivity contribution >= 4 is 17.4 Å². The van der Waals surface area contributed by atoms with Crippen molar-refractivity contribution in [3.8, 4) is 17.7 Å². The van der Waals surface area contributed by atoms with Gasteiger partial charge < -0.3 is 14.6 Å². The zero-order chi connectivity index (χ0) is 20.4. The van der Waals surface area contributed by atoms with Crippen molar-refractivity contribution in [2.24, 2.45) is 10.9 Å². The first-order valence-corrected chi connectivity index (χ1v) is 8.91. The summed E-state index contributed by atoms with van der Waals surface area (Å²) in [6.45, 7) is 5.79. The minimum Gasteiger partial charge on any atom is -0.496 e. The van der Waals surface area contributed by atoms with E-state index in [1.54, 1.807) is 25.1 Å². The van der Waals surface area contributed by atoms with E-state index in [1.807, 2.05) is 19.9 Å². The molecule has 144 valence electrons. The van der Waals surface area contributed by atoms with Crippen molar-refractivity contribution in [3.63, 3.8) is 0 Å². The number of aliphatic imine (C=N–C) groups is 1. The van der Waals surface area contributed by atoms with Crippen LogP contribution >= 0.6 is 0 Å². The Balaban J connectivity index is 2.34. The fraction of sp³-hybridized carbons (Fsp3) is 0.333. The Morgan fingerprint density at radius 2 is 2.07 bits per heavy atom. The highest BCUT2D eigenvalue weighted by Gasteiger charge is 2.41. The molecule has 1 aliphatic rings. The lowest BCUT2D eigenvalue weighted by Crippen LogP contribution is -2.32. The largest absolute Gasteiger partial charge is 0.496 e. The molecule has 7 heteroatoms. The fourth-order valence-corrected chi connectivity index (χ4v) is 3.63. The quantitative estimate of drug-likeness (QED) is 0.851. The highest BCUT2D eigenvalue weighted by Crippen LogP contribution is 2.48. The number of aryl methyl sites for hydroxylation is 1. The Kier molecular flexibility index (Phi) is 5.32. The minimum atomic E-state index is -0.994. The summed E-state index contributed by atoms with van der Waals surface area (Å²) in [5.41, 5.74) is 3.57. The van der Waals surface area contributed by atoms with Gasteiger partial charge in [-0.2, -0.15) is 5.26 Å². The molecule has 0 saturated heterocycles. The Bertz CT molecular complexity index is 1010. The highest BCUT2D eigenvalue weighted by atomic mass is 16.5. The lowest BCUT2D eigenvalue weighted by Gasteiger charge is -2.32. The van der Waals surface area contributed by atoms with Crippen LogP contribution in [0.15, 0.2) is 29.3 Å². The van der Waals surface area contributed by atoms with Gasteiger partial charge in [-0.25, -0.2) is 4.98 Å². The third kappa shape index (κ3) is 3.29. The number of hydrogen-bond donors (Lipinski definition) is 1. The molecule has 7 nitrogen and oxygen atoms in total. The summed E-state index contributed by atoms with van der Waals surface area (Å²) in [6.07, 6.45) is 0. The standard InChI is InChI=1S/C21H21N3O4/c1-5-28-20-19-15(8-11(2)23-20)24-12(3)17(21(25)26)18(19)14-7-6-13(10-22)9-16(14)27-4/h6-9,17-18H,5H2,1-4H3,(H,25,26). The van der Waals surface area contributed by atoms with Crippen molar-refractivity contribution in [2.45, 2.75) is 26.7 Å². The summed E-state index contributed by atoms with van der Waals surface area (Å²) in [7, 11) is 1.50. The van der Waals surface area contributed by atoms with Crippen LogP contribution in [0.3, 0.4) is 0 Å². The second-order valence-electron chi connectivity index (χ2n) is 6.55. The average Bonchev–Trinajstić information content (AvgIpc) is 2.66. The van der Waals surface area contributed by atoms with Gasteiger partial charge in [0.15, 0.2) is 0 Å². The van der Waals surface area contributed by atoms with E-state index in [9.17, 15) is 15.2 Å². The normalized spacial score (nSPS) is 17.9. The molecule has 2 atom stereocenters. The molecule has 1 aromatic heterocycles. The third-order valence-corrected chi connectivity index (χ3v) is 4.77. The maximum absolute atomic E-state index is 12.2. The first-order chi connectivity index (χ1) is 13.4. The molecule has 1 N–H and O–H groups in total. The number of carboxylic acid groups (broad SMARTS) is 1. The highest BCUT2D eigenvalue weighted by molar-refractivity contribution is 6.04. The number of nitriles is 1.